The molecule has 0 heterocycles. The Hall–Kier alpha value is -1.71. The molecule has 0 saturated heterocycles. The fourth-order valence-electron chi connectivity index (χ4n) is 2.69. The van der Waals surface area contributed by atoms with Gasteiger partial charge in [-0.3, -0.25) is 4.79 Å². The van der Waals surface area contributed by atoms with E-state index < -0.39 is 0 Å². The van der Waals surface area contributed by atoms with Crippen molar-refractivity contribution in [3.05, 3.63) is 23.8 Å². The smallest absolute Gasteiger partial charge is 0.223 e. The summed E-state index contributed by atoms with van der Waals surface area (Å²) in [5, 5.41) is 0. The van der Waals surface area contributed by atoms with Crippen LogP contribution in [0, 0.1) is 0 Å². The van der Waals surface area contributed by atoms with Crippen LogP contribution in [-0.4, -0.2) is 36.6 Å². The molecule has 0 aromatic heterocycles. The number of carbonyl (C=O) groups excluding carboxylic acids is 1. The molecule has 0 fully saturated rings. The fourth-order valence-corrected chi connectivity index (χ4v) is 2.69. The number of carbonyl (C=O) groups is 1. The molecule has 0 aliphatic rings. The lowest BCUT2D eigenvalue weighted by atomic mass is 10.1. The first-order valence-electron chi connectivity index (χ1n) is 8.01. The summed E-state index contributed by atoms with van der Waals surface area (Å²) in [6.45, 7) is 10.8. The number of amides is 1. The predicted octanol–water partition coefficient (Wildman–Crippen LogP) is 3.67. The molecule has 124 valence electrons. The van der Waals surface area contributed by atoms with Gasteiger partial charge >= 0.3 is 0 Å². The highest BCUT2D eigenvalue weighted by Gasteiger charge is 2.19. The first-order valence-corrected chi connectivity index (χ1v) is 8.01. The summed E-state index contributed by atoms with van der Waals surface area (Å²) in [6, 6.07) is 6.30. The van der Waals surface area contributed by atoms with Crippen molar-refractivity contribution in [1.29, 1.82) is 0 Å². The Labute approximate surface area is 134 Å². The SMILES string of the molecule is CCOc1ccc(CCC(=O)N(C(C)C)C(C)C)cc1OC. The molecule has 0 bridgehead atoms. The Bertz CT molecular complexity index is 475. The Morgan fingerprint density at radius 2 is 1.77 bits per heavy atom. The molecule has 1 amide bonds. The molecule has 1 aromatic rings. The normalized spacial score (nSPS) is 10.9. The van der Waals surface area contributed by atoms with Crippen molar-refractivity contribution in [3.63, 3.8) is 0 Å². The summed E-state index contributed by atoms with van der Waals surface area (Å²) in [6.07, 6.45) is 1.21. The van der Waals surface area contributed by atoms with Crippen molar-refractivity contribution in [1.82, 2.24) is 4.90 Å². The van der Waals surface area contributed by atoms with E-state index in [0.29, 0.717) is 19.4 Å². The number of methoxy groups -OCH3 is 1. The van der Waals surface area contributed by atoms with Crippen LogP contribution in [0.15, 0.2) is 18.2 Å². The standard InChI is InChI=1S/C18H29NO3/c1-7-22-16-10-8-15(12-17(16)21-6)9-11-18(20)19(13(2)3)14(4)5/h8,10,12-14H,7,9,11H2,1-6H3. The summed E-state index contributed by atoms with van der Waals surface area (Å²) < 4.78 is 10.9. The van der Waals surface area contributed by atoms with Crippen LogP contribution in [0.2, 0.25) is 0 Å². The predicted molar refractivity (Wildman–Crippen MR) is 89.6 cm³/mol. The van der Waals surface area contributed by atoms with Crippen LogP contribution in [0.3, 0.4) is 0 Å². The summed E-state index contributed by atoms with van der Waals surface area (Å²) >= 11 is 0. The van der Waals surface area contributed by atoms with E-state index in [1.807, 2.05) is 30.0 Å². The van der Waals surface area contributed by atoms with Crippen LogP contribution >= 0.6 is 0 Å². The molecular formula is C18H29NO3. The topological polar surface area (TPSA) is 38.8 Å². The molecule has 0 aliphatic heterocycles. The lowest BCUT2D eigenvalue weighted by Crippen LogP contribution is -2.42. The largest absolute Gasteiger partial charge is 0.493 e. The zero-order valence-electron chi connectivity index (χ0n) is 14.7. The monoisotopic (exact) mass is 307 g/mol. The van der Waals surface area contributed by atoms with Crippen molar-refractivity contribution >= 4 is 5.91 Å². The maximum Gasteiger partial charge on any atom is 0.223 e. The molecule has 1 aromatic carbocycles. The van der Waals surface area contributed by atoms with Gasteiger partial charge in [0.2, 0.25) is 5.91 Å². The Balaban J connectivity index is 2.73. The second-order valence-electron chi connectivity index (χ2n) is 5.91. The number of ether oxygens (including phenoxy) is 2. The van der Waals surface area contributed by atoms with E-state index >= 15 is 0 Å². The van der Waals surface area contributed by atoms with Gasteiger partial charge in [-0.2, -0.15) is 0 Å². The Kier molecular flexibility index (Phi) is 7.22. The average Bonchev–Trinajstić information content (AvgIpc) is 2.45. The maximum atomic E-state index is 12.4. The molecule has 1 rings (SSSR count). The molecule has 0 radical (unpaired) electrons. The van der Waals surface area contributed by atoms with E-state index in [9.17, 15) is 4.79 Å². The zero-order valence-corrected chi connectivity index (χ0v) is 14.7. The molecule has 0 N–H and O–H groups in total. The third kappa shape index (κ3) is 4.93. The molecule has 0 unspecified atom stereocenters. The highest BCUT2D eigenvalue weighted by molar-refractivity contribution is 5.77. The number of rotatable bonds is 8. The third-order valence-corrected chi connectivity index (χ3v) is 3.56. The van der Waals surface area contributed by atoms with E-state index in [1.54, 1.807) is 7.11 Å². The molecule has 4 nitrogen and oxygen atoms in total. The number of hydrogen-bond acceptors (Lipinski definition) is 3. The third-order valence-electron chi connectivity index (χ3n) is 3.56. The second-order valence-corrected chi connectivity index (χ2v) is 5.91. The summed E-state index contributed by atoms with van der Waals surface area (Å²) in [7, 11) is 1.63. The van der Waals surface area contributed by atoms with E-state index in [-0.39, 0.29) is 18.0 Å². The van der Waals surface area contributed by atoms with Crippen LogP contribution in [0.4, 0.5) is 0 Å². The molecule has 0 saturated carbocycles. The highest BCUT2D eigenvalue weighted by atomic mass is 16.5. The number of hydrogen-bond donors (Lipinski definition) is 0. The van der Waals surface area contributed by atoms with Crippen LogP contribution in [-0.2, 0) is 11.2 Å². The van der Waals surface area contributed by atoms with Gasteiger partial charge in [-0.1, -0.05) is 6.07 Å². The summed E-state index contributed by atoms with van der Waals surface area (Å²) in [4.78, 5) is 14.3. The molecule has 0 atom stereocenters. The lowest BCUT2D eigenvalue weighted by molar-refractivity contribution is -0.134. The van der Waals surface area contributed by atoms with E-state index in [1.165, 1.54) is 0 Å². The van der Waals surface area contributed by atoms with Crippen LogP contribution < -0.4 is 9.47 Å². The van der Waals surface area contributed by atoms with Crippen molar-refractivity contribution in [3.8, 4) is 11.5 Å². The van der Waals surface area contributed by atoms with Crippen LogP contribution in [0.25, 0.3) is 0 Å². The Morgan fingerprint density at radius 3 is 2.27 bits per heavy atom. The van der Waals surface area contributed by atoms with E-state index in [2.05, 4.69) is 27.7 Å². The lowest BCUT2D eigenvalue weighted by Gasteiger charge is -2.31. The summed E-state index contributed by atoms with van der Waals surface area (Å²) in [5.74, 6) is 1.65. The molecule has 0 spiro atoms. The quantitative estimate of drug-likeness (QED) is 0.735. The van der Waals surface area contributed by atoms with Crippen molar-refractivity contribution in [2.24, 2.45) is 0 Å². The highest BCUT2D eigenvalue weighted by Crippen LogP contribution is 2.28. The van der Waals surface area contributed by atoms with Crippen molar-refractivity contribution in [2.45, 2.75) is 59.5 Å². The molecule has 4 heteroatoms. The Morgan fingerprint density at radius 1 is 1.14 bits per heavy atom. The van der Waals surface area contributed by atoms with Gasteiger partial charge in [0.15, 0.2) is 11.5 Å². The first kappa shape index (κ1) is 18.3. The van der Waals surface area contributed by atoms with Gasteiger partial charge in [-0.25, -0.2) is 0 Å². The zero-order chi connectivity index (χ0) is 16.7. The second kappa shape index (κ2) is 8.66. The van der Waals surface area contributed by atoms with Crippen molar-refractivity contribution in [2.75, 3.05) is 13.7 Å². The van der Waals surface area contributed by atoms with Crippen LogP contribution in [0.5, 0.6) is 11.5 Å². The summed E-state index contributed by atoms with van der Waals surface area (Å²) in [5.41, 5.74) is 1.08. The van der Waals surface area contributed by atoms with Gasteiger partial charge in [0.25, 0.3) is 0 Å². The average molecular weight is 307 g/mol. The number of aryl methyl sites for hydroxylation is 1. The number of benzene rings is 1. The van der Waals surface area contributed by atoms with Crippen LogP contribution in [0.1, 0.15) is 46.6 Å². The van der Waals surface area contributed by atoms with E-state index in [4.69, 9.17) is 9.47 Å². The minimum absolute atomic E-state index is 0.192. The minimum atomic E-state index is 0.192. The maximum absolute atomic E-state index is 12.4. The number of nitrogens with zero attached hydrogens (tertiary/aromatic N) is 1. The molecule has 22 heavy (non-hydrogen) atoms. The van der Waals surface area contributed by atoms with Gasteiger partial charge < -0.3 is 14.4 Å². The van der Waals surface area contributed by atoms with Crippen molar-refractivity contribution < 1.29 is 14.3 Å². The molecule has 0 aliphatic carbocycles. The minimum Gasteiger partial charge on any atom is -0.493 e. The van der Waals surface area contributed by atoms with Gasteiger partial charge in [0.05, 0.1) is 13.7 Å². The first-order chi connectivity index (χ1) is 10.4. The fraction of sp³-hybridized carbons (Fsp3) is 0.611. The van der Waals surface area contributed by atoms with Gasteiger partial charge in [-0.15, -0.1) is 0 Å². The van der Waals surface area contributed by atoms with Gasteiger partial charge in [0.1, 0.15) is 0 Å². The molecular weight excluding hydrogens is 278 g/mol. The van der Waals surface area contributed by atoms with Gasteiger partial charge in [0, 0.05) is 18.5 Å². The van der Waals surface area contributed by atoms with Gasteiger partial charge in [-0.05, 0) is 58.7 Å². The van der Waals surface area contributed by atoms with E-state index in [0.717, 1.165) is 17.1 Å².